The molecule has 0 saturated heterocycles. The lowest BCUT2D eigenvalue weighted by Gasteiger charge is -2.13. The van der Waals surface area contributed by atoms with Crippen molar-refractivity contribution >= 4 is 11.6 Å². The Morgan fingerprint density at radius 2 is 2.11 bits per heavy atom. The molecule has 102 valence electrons. The van der Waals surface area contributed by atoms with Gasteiger partial charge in [0.2, 0.25) is 0 Å². The first kappa shape index (κ1) is 14.1. The fourth-order valence-electron chi connectivity index (χ4n) is 2.15. The van der Waals surface area contributed by atoms with Crippen LogP contribution in [-0.4, -0.2) is 14.9 Å². The van der Waals surface area contributed by atoms with Gasteiger partial charge in [-0.25, -0.2) is 0 Å². The smallest absolute Gasteiger partial charge is 0.0859 e. The molecule has 1 heterocycles. The van der Waals surface area contributed by atoms with Crippen molar-refractivity contribution in [3.63, 3.8) is 0 Å². The van der Waals surface area contributed by atoms with Crippen molar-refractivity contribution in [2.75, 3.05) is 0 Å². The molecule has 1 unspecified atom stereocenters. The first-order valence-electron chi connectivity index (χ1n) is 6.47. The molecular weight excluding hydrogens is 260 g/mol. The summed E-state index contributed by atoms with van der Waals surface area (Å²) in [5, 5.41) is 15.3. The minimum Gasteiger partial charge on any atom is -0.388 e. The minimum absolute atomic E-state index is 0.520. The summed E-state index contributed by atoms with van der Waals surface area (Å²) in [6.07, 6.45) is 0.815. The van der Waals surface area contributed by atoms with E-state index in [2.05, 4.69) is 12.0 Å². The molecule has 1 atom stereocenters. The number of aliphatic hydroxyl groups is 1. The van der Waals surface area contributed by atoms with Crippen LogP contribution in [0.2, 0.25) is 5.02 Å². The molecule has 0 spiro atoms. The maximum absolute atomic E-state index is 10.3. The Morgan fingerprint density at radius 1 is 1.37 bits per heavy atom. The van der Waals surface area contributed by atoms with Crippen LogP contribution in [0.5, 0.6) is 0 Å². The van der Waals surface area contributed by atoms with Crippen LogP contribution in [0, 0.1) is 6.92 Å². The Bertz CT molecular complexity index is 578. The number of hydrogen-bond donors (Lipinski definition) is 1. The fourth-order valence-corrected chi connectivity index (χ4v) is 2.51. The van der Waals surface area contributed by atoms with E-state index in [9.17, 15) is 5.11 Å². The number of halogens is 1. The lowest BCUT2D eigenvalue weighted by atomic mass is 10.0. The number of aromatic nitrogens is 2. The summed E-state index contributed by atoms with van der Waals surface area (Å²) in [6.45, 7) is 4.05. The molecule has 0 aliphatic carbocycles. The highest BCUT2D eigenvalue weighted by molar-refractivity contribution is 6.31. The molecule has 3 nitrogen and oxygen atoms in total. The average Bonchev–Trinajstić information content (AvgIpc) is 2.70. The van der Waals surface area contributed by atoms with Crippen molar-refractivity contribution in [1.82, 2.24) is 9.78 Å². The van der Waals surface area contributed by atoms with Crippen LogP contribution in [0.15, 0.2) is 24.3 Å². The van der Waals surface area contributed by atoms with Gasteiger partial charge in [0, 0.05) is 24.2 Å². The minimum atomic E-state index is -0.604. The van der Waals surface area contributed by atoms with E-state index < -0.39 is 6.10 Å². The summed E-state index contributed by atoms with van der Waals surface area (Å²) in [4.78, 5) is 0. The molecule has 1 N–H and O–H groups in total. The largest absolute Gasteiger partial charge is 0.388 e. The third-order valence-corrected chi connectivity index (χ3v) is 3.63. The van der Waals surface area contributed by atoms with Gasteiger partial charge in [-0.3, -0.25) is 4.68 Å². The van der Waals surface area contributed by atoms with E-state index in [1.165, 1.54) is 0 Å². The van der Waals surface area contributed by atoms with Crippen LogP contribution >= 0.6 is 11.6 Å². The predicted octanol–water partition coefficient (Wildman–Crippen LogP) is 3.22. The van der Waals surface area contributed by atoms with Gasteiger partial charge in [0.25, 0.3) is 0 Å². The fraction of sp³-hybridized carbons (Fsp3) is 0.400. The van der Waals surface area contributed by atoms with E-state index in [-0.39, 0.29) is 0 Å². The summed E-state index contributed by atoms with van der Waals surface area (Å²) >= 11 is 6.18. The Balaban J connectivity index is 2.20. The summed E-state index contributed by atoms with van der Waals surface area (Å²) in [6, 6.07) is 7.76. The van der Waals surface area contributed by atoms with Crippen LogP contribution in [-0.2, 0) is 19.9 Å². The first-order chi connectivity index (χ1) is 9.01. The Kier molecular flexibility index (Phi) is 4.27. The molecule has 0 fully saturated rings. The molecule has 2 aromatic rings. The normalized spacial score (nSPS) is 12.7. The number of rotatable bonds is 4. The molecule has 0 radical (unpaired) electrons. The van der Waals surface area contributed by atoms with Crippen LogP contribution in [0.25, 0.3) is 0 Å². The van der Waals surface area contributed by atoms with Crippen LogP contribution in [0.3, 0.4) is 0 Å². The van der Waals surface area contributed by atoms with Gasteiger partial charge in [-0.05, 0) is 36.6 Å². The summed E-state index contributed by atoms with van der Waals surface area (Å²) in [7, 11) is 1.90. The van der Waals surface area contributed by atoms with E-state index in [0.29, 0.717) is 11.4 Å². The van der Waals surface area contributed by atoms with Gasteiger partial charge < -0.3 is 5.11 Å². The molecule has 19 heavy (non-hydrogen) atoms. The van der Waals surface area contributed by atoms with Gasteiger partial charge in [-0.1, -0.05) is 30.7 Å². The highest BCUT2D eigenvalue weighted by Crippen LogP contribution is 2.26. The molecule has 1 aromatic heterocycles. The lowest BCUT2D eigenvalue weighted by molar-refractivity contribution is 0.176. The van der Waals surface area contributed by atoms with Crippen molar-refractivity contribution in [2.45, 2.75) is 32.8 Å². The van der Waals surface area contributed by atoms with Crippen molar-refractivity contribution in [1.29, 1.82) is 0 Å². The molecule has 0 amide bonds. The Hall–Kier alpha value is -1.32. The van der Waals surface area contributed by atoms with Crippen molar-refractivity contribution in [3.8, 4) is 0 Å². The molecule has 0 saturated carbocycles. The topological polar surface area (TPSA) is 38.0 Å². The van der Waals surface area contributed by atoms with E-state index in [4.69, 9.17) is 11.6 Å². The van der Waals surface area contributed by atoms with Gasteiger partial charge in [0.1, 0.15) is 0 Å². The third kappa shape index (κ3) is 3.17. The third-order valence-electron chi connectivity index (χ3n) is 3.31. The maximum Gasteiger partial charge on any atom is 0.0859 e. The summed E-state index contributed by atoms with van der Waals surface area (Å²) in [5.74, 6) is 0. The maximum atomic E-state index is 10.3. The van der Waals surface area contributed by atoms with Crippen LogP contribution in [0.1, 0.15) is 35.5 Å². The van der Waals surface area contributed by atoms with Crippen LogP contribution in [0.4, 0.5) is 0 Å². The molecule has 0 aliphatic rings. The molecule has 4 heteroatoms. The van der Waals surface area contributed by atoms with Gasteiger partial charge in [0.05, 0.1) is 11.8 Å². The van der Waals surface area contributed by atoms with E-state index in [1.54, 1.807) is 0 Å². The molecule has 1 aromatic carbocycles. The number of hydrogen-bond acceptors (Lipinski definition) is 2. The van der Waals surface area contributed by atoms with E-state index in [1.807, 2.05) is 42.9 Å². The Labute approximate surface area is 118 Å². The predicted molar refractivity (Wildman–Crippen MR) is 77.4 cm³/mol. The average molecular weight is 279 g/mol. The second kappa shape index (κ2) is 5.76. The number of aryl methyl sites for hydroxylation is 3. The van der Waals surface area contributed by atoms with Crippen molar-refractivity contribution in [2.24, 2.45) is 7.05 Å². The standard InChI is InChI=1S/C15H19ClN2O/c1-4-11-8-12(18(3)17-11)9-15(19)13-6-5-10(2)7-14(13)16/h5-8,15,19H,4,9H2,1-3H3. The SMILES string of the molecule is CCc1cc(CC(O)c2ccc(C)cc2Cl)n(C)n1. The zero-order valence-electron chi connectivity index (χ0n) is 11.5. The summed E-state index contributed by atoms with van der Waals surface area (Å²) < 4.78 is 1.82. The second-order valence-corrected chi connectivity index (χ2v) is 5.26. The van der Waals surface area contributed by atoms with Crippen molar-refractivity contribution < 1.29 is 5.11 Å². The van der Waals surface area contributed by atoms with Gasteiger partial charge in [-0.2, -0.15) is 5.10 Å². The van der Waals surface area contributed by atoms with E-state index in [0.717, 1.165) is 28.9 Å². The molecule has 0 bridgehead atoms. The quantitative estimate of drug-likeness (QED) is 0.932. The summed E-state index contributed by atoms with van der Waals surface area (Å²) in [5.41, 5.74) is 3.92. The highest BCUT2D eigenvalue weighted by atomic mass is 35.5. The highest BCUT2D eigenvalue weighted by Gasteiger charge is 2.15. The first-order valence-corrected chi connectivity index (χ1v) is 6.85. The van der Waals surface area contributed by atoms with Crippen molar-refractivity contribution in [3.05, 3.63) is 51.8 Å². The number of nitrogens with zero attached hydrogens (tertiary/aromatic N) is 2. The number of benzene rings is 1. The molecule has 0 aliphatic heterocycles. The monoisotopic (exact) mass is 278 g/mol. The Morgan fingerprint density at radius 3 is 2.68 bits per heavy atom. The van der Waals surface area contributed by atoms with Gasteiger partial charge >= 0.3 is 0 Å². The molecular formula is C15H19ClN2O. The van der Waals surface area contributed by atoms with Gasteiger partial charge in [0.15, 0.2) is 0 Å². The van der Waals surface area contributed by atoms with Gasteiger partial charge in [-0.15, -0.1) is 0 Å². The lowest BCUT2D eigenvalue weighted by Crippen LogP contribution is -2.07. The zero-order chi connectivity index (χ0) is 14.0. The number of aliphatic hydroxyl groups excluding tert-OH is 1. The molecule has 2 rings (SSSR count). The zero-order valence-corrected chi connectivity index (χ0v) is 12.3. The second-order valence-electron chi connectivity index (χ2n) is 4.85. The van der Waals surface area contributed by atoms with Crippen LogP contribution < -0.4 is 0 Å². The van der Waals surface area contributed by atoms with E-state index >= 15 is 0 Å².